The van der Waals surface area contributed by atoms with E-state index in [9.17, 15) is 18.4 Å². The summed E-state index contributed by atoms with van der Waals surface area (Å²) in [7, 11) is 0. The molecule has 1 aliphatic rings. The molecular formula is C24H20F2N4O2. The second-order valence-corrected chi connectivity index (χ2v) is 7.43. The third-order valence-electron chi connectivity index (χ3n) is 5.34. The van der Waals surface area contributed by atoms with E-state index in [-0.39, 0.29) is 11.7 Å². The standard InChI is InChI=1S/C24H20F2N4O2/c1-15-10-12-30(24(32)20-7-2-3-11-27-20)14-17(15)16-8-9-21(28-13-16)29-23(31)22-18(25)5-4-6-19(22)26/h2-9,11,13H,10,12,14H2,1H3,(H,28,29,31). The van der Waals surface area contributed by atoms with E-state index < -0.39 is 23.1 Å². The average Bonchev–Trinajstić information content (AvgIpc) is 2.80. The summed E-state index contributed by atoms with van der Waals surface area (Å²) in [5.41, 5.74) is 2.64. The number of nitrogens with zero attached hydrogens (tertiary/aromatic N) is 3. The molecule has 0 radical (unpaired) electrons. The zero-order chi connectivity index (χ0) is 22.7. The van der Waals surface area contributed by atoms with Gasteiger partial charge in [0.1, 0.15) is 28.7 Å². The summed E-state index contributed by atoms with van der Waals surface area (Å²) in [5.74, 6) is -2.78. The summed E-state index contributed by atoms with van der Waals surface area (Å²) in [5, 5.41) is 2.41. The Hall–Kier alpha value is -3.94. The largest absolute Gasteiger partial charge is 0.333 e. The van der Waals surface area contributed by atoms with Crippen molar-refractivity contribution in [3.05, 3.63) is 95.0 Å². The number of hydrogen-bond donors (Lipinski definition) is 1. The highest BCUT2D eigenvalue weighted by molar-refractivity contribution is 6.04. The molecule has 1 aliphatic heterocycles. The number of pyridine rings is 2. The minimum Gasteiger partial charge on any atom is -0.333 e. The fourth-order valence-corrected chi connectivity index (χ4v) is 3.56. The van der Waals surface area contributed by atoms with Crippen LogP contribution in [0.4, 0.5) is 14.6 Å². The zero-order valence-electron chi connectivity index (χ0n) is 17.3. The van der Waals surface area contributed by atoms with Crippen LogP contribution in [0.3, 0.4) is 0 Å². The van der Waals surface area contributed by atoms with Gasteiger partial charge in [-0.3, -0.25) is 14.6 Å². The predicted molar refractivity (Wildman–Crippen MR) is 116 cm³/mol. The van der Waals surface area contributed by atoms with Crippen LogP contribution in [0.15, 0.2) is 66.5 Å². The maximum absolute atomic E-state index is 13.8. The van der Waals surface area contributed by atoms with Crippen molar-refractivity contribution in [3.63, 3.8) is 0 Å². The van der Waals surface area contributed by atoms with Crippen LogP contribution in [0, 0.1) is 11.6 Å². The maximum Gasteiger partial charge on any atom is 0.272 e. The number of carbonyl (C=O) groups excluding carboxylic acids is 2. The third-order valence-corrected chi connectivity index (χ3v) is 5.34. The molecule has 0 bridgehead atoms. The van der Waals surface area contributed by atoms with Gasteiger partial charge >= 0.3 is 0 Å². The van der Waals surface area contributed by atoms with E-state index in [1.165, 1.54) is 6.07 Å². The van der Waals surface area contributed by atoms with Crippen molar-refractivity contribution in [2.75, 3.05) is 18.4 Å². The van der Waals surface area contributed by atoms with E-state index in [4.69, 9.17) is 0 Å². The second-order valence-electron chi connectivity index (χ2n) is 7.43. The van der Waals surface area contributed by atoms with E-state index >= 15 is 0 Å². The van der Waals surface area contributed by atoms with Crippen molar-refractivity contribution >= 4 is 23.2 Å². The molecule has 8 heteroatoms. The molecule has 0 unspecified atom stereocenters. The highest BCUT2D eigenvalue weighted by Gasteiger charge is 2.24. The third kappa shape index (κ3) is 4.39. The highest BCUT2D eigenvalue weighted by atomic mass is 19.1. The van der Waals surface area contributed by atoms with Crippen LogP contribution < -0.4 is 5.32 Å². The lowest BCUT2D eigenvalue weighted by Crippen LogP contribution is -2.36. The van der Waals surface area contributed by atoms with Crippen molar-refractivity contribution in [1.82, 2.24) is 14.9 Å². The van der Waals surface area contributed by atoms with Gasteiger partial charge in [0.15, 0.2) is 0 Å². The Labute approximate surface area is 183 Å². The van der Waals surface area contributed by atoms with Crippen LogP contribution in [-0.2, 0) is 0 Å². The first kappa shape index (κ1) is 21.3. The van der Waals surface area contributed by atoms with Gasteiger partial charge in [-0.15, -0.1) is 0 Å². The smallest absolute Gasteiger partial charge is 0.272 e. The van der Waals surface area contributed by atoms with E-state index in [0.29, 0.717) is 18.8 Å². The van der Waals surface area contributed by atoms with Crippen LogP contribution >= 0.6 is 0 Å². The molecule has 6 nitrogen and oxygen atoms in total. The quantitative estimate of drug-likeness (QED) is 0.663. The highest BCUT2D eigenvalue weighted by Crippen LogP contribution is 2.27. The van der Waals surface area contributed by atoms with Gasteiger partial charge in [-0.2, -0.15) is 0 Å². The molecule has 2 amide bonds. The van der Waals surface area contributed by atoms with Crippen LogP contribution in [-0.4, -0.2) is 39.8 Å². The molecule has 0 aliphatic carbocycles. The number of rotatable bonds is 4. The summed E-state index contributed by atoms with van der Waals surface area (Å²) < 4.78 is 27.6. The Morgan fingerprint density at radius 1 is 1.00 bits per heavy atom. The number of anilines is 1. The van der Waals surface area contributed by atoms with E-state index in [2.05, 4.69) is 15.3 Å². The monoisotopic (exact) mass is 434 g/mol. The van der Waals surface area contributed by atoms with Gasteiger partial charge in [0.2, 0.25) is 0 Å². The number of nitrogens with one attached hydrogen (secondary N) is 1. The van der Waals surface area contributed by atoms with Gasteiger partial charge in [-0.25, -0.2) is 13.8 Å². The average molecular weight is 434 g/mol. The first-order valence-corrected chi connectivity index (χ1v) is 10.0. The van der Waals surface area contributed by atoms with Crippen molar-refractivity contribution in [2.45, 2.75) is 13.3 Å². The van der Waals surface area contributed by atoms with Gasteiger partial charge in [0.05, 0.1) is 0 Å². The topological polar surface area (TPSA) is 75.2 Å². The second kappa shape index (κ2) is 9.05. The molecule has 0 saturated heterocycles. The van der Waals surface area contributed by atoms with E-state index in [0.717, 1.165) is 35.3 Å². The zero-order valence-corrected chi connectivity index (χ0v) is 17.3. The van der Waals surface area contributed by atoms with Crippen molar-refractivity contribution in [3.8, 4) is 0 Å². The lowest BCUT2D eigenvalue weighted by atomic mass is 9.96. The van der Waals surface area contributed by atoms with Crippen molar-refractivity contribution in [2.24, 2.45) is 0 Å². The Kier molecular flexibility index (Phi) is 6.02. The van der Waals surface area contributed by atoms with Crippen LogP contribution in [0.25, 0.3) is 5.57 Å². The predicted octanol–water partition coefficient (Wildman–Crippen LogP) is 4.33. The molecule has 1 N–H and O–H groups in total. The van der Waals surface area contributed by atoms with Crippen LogP contribution in [0.5, 0.6) is 0 Å². The van der Waals surface area contributed by atoms with Crippen molar-refractivity contribution in [1.29, 1.82) is 0 Å². The fourth-order valence-electron chi connectivity index (χ4n) is 3.56. The fraction of sp³-hybridized carbons (Fsp3) is 0.167. The molecule has 32 heavy (non-hydrogen) atoms. The molecule has 2 aromatic heterocycles. The van der Waals surface area contributed by atoms with E-state index in [1.807, 2.05) is 6.92 Å². The number of benzene rings is 1. The Bertz CT molecular complexity index is 1170. The summed E-state index contributed by atoms with van der Waals surface area (Å²) in [4.78, 5) is 35.1. The van der Waals surface area contributed by atoms with Gasteiger partial charge in [-0.05, 0) is 60.9 Å². The molecule has 3 heterocycles. The number of aromatic nitrogens is 2. The molecule has 0 atom stereocenters. The molecule has 4 rings (SSSR count). The lowest BCUT2D eigenvalue weighted by molar-refractivity contribution is 0.0767. The summed E-state index contributed by atoms with van der Waals surface area (Å²) in [6.45, 7) is 3.02. The maximum atomic E-state index is 13.8. The number of hydrogen-bond acceptors (Lipinski definition) is 4. The minimum atomic E-state index is -0.945. The number of amides is 2. The molecule has 0 spiro atoms. The normalized spacial score (nSPS) is 13.8. The van der Waals surface area contributed by atoms with Gasteiger partial charge in [0, 0.05) is 25.5 Å². The minimum absolute atomic E-state index is 0.139. The summed E-state index contributed by atoms with van der Waals surface area (Å²) in [6.07, 6.45) is 3.88. The summed E-state index contributed by atoms with van der Waals surface area (Å²) in [6, 6.07) is 11.8. The first-order valence-electron chi connectivity index (χ1n) is 10.0. The molecular weight excluding hydrogens is 414 g/mol. The first-order chi connectivity index (χ1) is 15.4. The lowest BCUT2D eigenvalue weighted by Gasteiger charge is -2.30. The molecule has 0 saturated carbocycles. The van der Waals surface area contributed by atoms with Gasteiger partial charge in [-0.1, -0.05) is 17.7 Å². The van der Waals surface area contributed by atoms with Crippen molar-refractivity contribution < 1.29 is 18.4 Å². The Balaban J connectivity index is 1.49. The van der Waals surface area contributed by atoms with Gasteiger partial charge in [0.25, 0.3) is 11.8 Å². The number of halogens is 2. The van der Waals surface area contributed by atoms with Crippen LogP contribution in [0.2, 0.25) is 0 Å². The molecule has 1 aromatic carbocycles. The Morgan fingerprint density at radius 2 is 1.78 bits per heavy atom. The summed E-state index contributed by atoms with van der Waals surface area (Å²) >= 11 is 0. The SMILES string of the molecule is CC1=C(c2ccc(NC(=O)c3c(F)cccc3F)nc2)CN(C(=O)c2ccccn2)CC1. The molecule has 3 aromatic rings. The van der Waals surface area contributed by atoms with E-state index in [1.54, 1.807) is 47.6 Å². The number of carbonyl (C=O) groups is 2. The van der Waals surface area contributed by atoms with Gasteiger partial charge < -0.3 is 10.2 Å². The molecule has 162 valence electrons. The Morgan fingerprint density at radius 3 is 2.44 bits per heavy atom. The molecule has 0 fully saturated rings. The van der Waals surface area contributed by atoms with Crippen LogP contribution in [0.1, 0.15) is 39.8 Å².